The highest BCUT2D eigenvalue weighted by Gasteiger charge is 2.09. The first-order valence-corrected chi connectivity index (χ1v) is 4.91. The van der Waals surface area contributed by atoms with Crippen molar-refractivity contribution in [2.24, 2.45) is 0 Å². The van der Waals surface area contributed by atoms with E-state index < -0.39 is 0 Å². The summed E-state index contributed by atoms with van der Waals surface area (Å²) < 4.78 is 0. The summed E-state index contributed by atoms with van der Waals surface area (Å²) in [6.07, 6.45) is 0. The molecule has 0 saturated carbocycles. The Kier molecular flexibility index (Phi) is 3.84. The lowest BCUT2D eigenvalue weighted by Crippen LogP contribution is -2.28. The highest BCUT2D eigenvalue weighted by atomic mass is 16.7. The average Bonchev–Trinajstić information content (AvgIpc) is 2.17. The molecule has 0 aliphatic rings. The molecule has 0 unspecified atom stereocenters. The number of nitrogens with zero attached hydrogens (tertiary/aromatic N) is 1. The Bertz CT molecular complexity index is 343. The number of rotatable bonds is 3. The normalized spacial score (nSPS) is 11.1. The lowest BCUT2D eigenvalue weighted by Gasteiger charge is -2.19. The maximum Gasteiger partial charge on any atom is 0.0991 e. The average molecular weight is 204 g/mol. The molecule has 0 heterocycles. The molecule has 3 heteroatoms. The first-order valence-electron chi connectivity index (χ1n) is 4.91. The number of nitrogens with one attached hydrogen (secondary N) is 1. The van der Waals surface area contributed by atoms with Crippen LogP contribution in [-0.2, 0) is 11.4 Å². The second-order valence-corrected chi connectivity index (χ2v) is 4.34. The van der Waals surface area contributed by atoms with E-state index in [9.17, 15) is 0 Å². The zero-order valence-corrected chi connectivity index (χ0v) is 9.37. The number of hydroxylamine groups is 1. The van der Waals surface area contributed by atoms with E-state index in [1.54, 1.807) is 12.1 Å². The maximum atomic E-state index is 8.62. The van der Waals surface area contributed by atoms with Gasteiger partial charge in [0.05, 0.1) is 17.2 Å². The second-order valence-electron chi connectivity index (χ2n) is 4.34. The molecule has 0 radical (unpaired) electrons. The highest BCUT2D eigenvalue weighted by molar-refractivity contribution is 5.31. The van der Waals surface area contributed by atoms with Crippen LogP contribution in [0.15, 0.2) is 24.3 Å². The van der Waals surface area contributed by atoms with Crippen molar-refractivity contribution in [1.29, 1.82) is 5.26 Å². The van der Waals surface area contributed by atoms with Crippen LogP contribution in [0.5, 0.6) is 0 Å². The monoisotopic (exact) mass is 204 g/mol. The molecule has 0 aromatic heterocycles. The third kappa shape index (κ3) is 4.59. The van der Waals surface area contributed by atoms with Gasteiger partial charge in [-0.2, -0.15) is 10.7 Å². The molecule has 0 aliphatic heterocycles. The predicted molar refractivity (Wildman–Crippen MR) is 58.8 cm³/mol. The first-order chi connectivity index (χ1) is 7.01. The molecule has 0 spiro atoms. The number of hydrogen-bond acceptors (Lipinski definition) is 3. The zero-order chi connectivity index (χ0) is 11.3. The summed E-state index contributed by atoms with van der Waals surface area (Å²) in [7, 11) is 0. The van der Waals surface area contributed by atoms with Crippen molar-refractivity contribution in [3.05, 3.63) is 35.4 Å². The van der Waals surface area contributed by atoms with Crippen molar-refractivity contribution in [3.63, 3.8) is 0 Å². The van der Waals surface area contributed by atoms with Gasteiger partial charge in [0, 0.05) is 6.54 Å². The molecule has 1 rings (SSSR count). The molecule has 1 N–H and O–H groups in total. The van der Waals surface area contributed by atoms with Crippen LogP contribution in [0.25, 0.3) is 0 Å². The van der Waals surface area contributed by atoms with Crippen molar-refractivity contribution in [1.82, 2.24) is 5.48 Å². The van der Waals surface area contributed by atoms with Gasteiger partial charge in [0.1, 0.15) is 0 Å². The van der Waals surface area contributed by atoms with Crippen LogP contribution in [0.1, 0.15) is 31.9 Å². The van der Waals surface area contributed by atoms with Crippen molar-refractivity contribution in [2.45, 2.75) is 32.9 Å². The SMILES string of the molecule is CC(C)(C)ONCc1ccc(C#N)cc1. The summed E-state index contributed by atoms with van der Waals surface area (Å²) in [5.74, 6) is 0. The Morgan fingerprint density at radius 3 is 2.33 bits per heavy atom. The van der Waals surface area contributed by atoms with E-state index in [0.29, 0.717) is 12.1 Å². The van der Waals surface area contributed by atoms with Gasteiger partial charge in [0.25, 0.3) is 0 Å². The number of benzene rings is 1. The fourth-order valence-corrected chi connectivity index (χ4v) is 1.03. The van der Waals surface area contributed by atoms with Crippen LogP contribution >= 0.6 is 0 Å². The number of nitriles is 1. The first kappa shape index (κ1) is 11.7. The van der Waals surface area contributed by atoms with Crippen molar-refractivity contribution in [2.75, 3.05) is 0 Å². The molecule has 0 fully saturated rings. The molecule has 1 aromatic rings. The molecule has 15 heavy (non-hydrogen) atoms. The van der Waals surface area contributed by atoms with Gasteiger partial charge in [-0.05, 0) is 38.5 Å². The van der Waals surface area contributed by atoms with Crippen molar-refractivity contribution >= 4 is 0 Å². The Labute approximate surface area is 90.6 Å². The van der Waals surface area contributed by atoms with Crippen LogP contribution in [0.4, 0.5) is 0 Å². The van der Waals surface area contributed by atoms with E-state index in [4.69, 9.17) is 10.1 Å². The quantitative estimate of drug-likeness (QED) is 0.769. The molecule has 3 nitrogen and oxygen atoms in total. The maximum absolute atomic E-state index is 8.62. The van der Waals surface area contributed by atoms with Crippen LogP contribution in [0.3, 0.4) is 0 Å². The minimum Gasteiger partial charge on any atom is -0.296 e. The van der Waals surface area contributed by atoms with Gasteiger partial charge in [0.15, 0.2) is 0 Å². The Balaban J connectivity index is 2.42. The number of hydrogen-bond donors (Lipinski definition) is 1. The van der Waals surface area contributed by atoms with E-state index in [-0.39, 0.29) is 5.60 Å². The van der Waals surface area contributed by atoms with Crippen LogP contribution in [-0.4, -0.2) is 5.60 Å². The van der Waals surface area contributed by atoms with E-state index >= 15 is 0 Å². The Morgan fingerprint density at radius 1 is 1.27 bits per heavy atom. The van der Waals surface area contributed by atoms with Gasteiger partial charge in [-0.3, -0.25) is 4.84 Å². The smallest absolute Gasteiger partial charge is 0.0991 e. The highest BCUT2D eigenvalue weighted by Crippen LogP contribution is 2.06. The van der Waals surface area contributed by atoms with Crippen LogP contribution in [0.2, 0.25) is 0 Å². The molecule has 0 aliphatic carbocycles. The molecule has 80 valence electrons. The summed E-state index contributed by atoms with van der Waals surface area (Å²) in [5, 5.41) is 8.62. The van der Waals surface area contributed by atoms with Gasteiger partial charge in [0.2, 0.25) is 0 Å². The molecular formula is C12H16N2O. The molecule has 0 amide bonds. The van der Waals surface area contributed by atoms with Crippen LogP contribution in [0, 0.1) is 11.3 Å². The van der Waals surface area contributed by atoms with Gasteiger partial charge in [-0.1, -0.05) is 12.1 Å². The fourth-order valence-electron chi connectivity index (χ4n) is 1.03. The van der Waals surface area contributed by atoms with Crippen molar-refractivity contribution in [3.8, 4) is 6.07 Å². The molecule has 0 bridgehead atoms. The summed E-state index contributed by atoms with van der Waals surface area (Å²) in [5.41, 5.74) is 4.48. The van der Waals surface area contributed by atoms with Gasteiger partial charge >= 0.3 is 0 Å². The van der Waals surface area contributed by atoms with Crippen LogP contribution < -0.4 is 5.48 Å². The minimum absolute atomic E-state index is 0.188. The minimum atomic E-state index is -0.188. The lowest BCUT2D eigenvalue weighted by atomic mass is 10.1. The van der Waals surface area contributed by atoms with Crippen molar-refractivity contribution < 1.29 is 4.84 Å². The van der Waals surface area contributed by atoms with E-state index in [1.807, 2.05) is 32.9 Å². The molecular weight excluding hydrogens is 188 g/mol. The molecule has 0 saturated heterocycles. The predicted octanol–water partition coefficient (Wildman–Crippen LogP) is 2.38. The van der Waals surface area contributed by atoms with Gasteiger partial charge in [-0.25, -0.2) is 0 Å². The third-order valence-electron chi connectivity index (χ3n) is 1.74. The standard InChI is InChI=1S/C12H16N2O/c1-12(2,3)15-14-9-11-6-4-10(8-13)5-7-11/h4-7,14H,9H2,1-3H3. The Hall–Kier alpha value is -1.37. The molecule has 1 aromatic carbocycles. The van der Waals surface area contributed by atoms with E-state index in [1.165, 1.54) is 0 Å². The third-order valence-corrected chi connectivity index (χ3v) is 1.74. The second kappa shape index (κ2) is 4.92. The van der Waals surface area contributed by atoms with Gasteiger partial charge < -0.3 is 0 Å². The summed E-state index contributed by atoms with van der Waals surface area (Å²) in [6.45, 7) is 6.60. The lowest BCUT2D eigenvalue weighted by molar-refractivity contribution is -0.0757. The topological polar surface area (TPSA) is 45.0 Å². The van der Waals surface area contributed by atoms with Gasteiger partial charge in [-0.15, -0.1) is 0 Å². The fraction of sp³-hybridized carbons (Fsp3) is 0.417. The molecule has 0 atom stereocenters. The summed E-state index contributed by atoms with van der Waals surface area (Å²) >= 11 is 0. The van der Waals surface area contributed by atoms with E-state index in [0.717, 1.165) is 5.56 Å². The summed E-state index contributed by atoms with van der Waals surface area (Å²) in [4.78, 5) is 5.37. The largest absolute Gasteiger partial charge is 0.296 e. The summed E-state index contributed by atoms with van der Waals surface area (Å²) in [6, 6.07) is 9.51. The Morgan fingerprint density at radius 2 is 1.87 bits per heavy atom. The van der Waals surface area contributed by atoms with E-state index in [2.05, 4.69) is 11.5 Å². The zero-order valence-electron chi connectivity index (χ0n) is 9.37.